The van der Waals surface area contributed by atoms with Crippen molar-refractivity contribution in [1.29, 1.82) is 0 Å². The molecule has 5 nitrogen and oxygen atoms in total. The molecule has 6 heteroatoms. The Labute approximate surface area is 153 Å². The Morgan fingerprint density at radius 1 is 1.16 bits per heavy atom. The van der Waals surface area contributed by atoms with Crippen LogP contribution in [0.4, 0.5) is 0 Å². The van der Waals surface area contributed by atoms with E-state index in [4.69, 9.17) is 4.74 Å². The number of thioether (sulfide) groups is 1. The van der Waals surface area contributed by atoms with Gasteiger partial charge in [0.2, 0.25) is 11.8 Å². The van der Waals surface area contributed by atoms with Crippen LogP contribution in [0.15, 0.2) is 29.2 Å². The van der Waals surface area contributed by atoms with E-state index in [2.05, 4.69) is 5.32 Å². The third kappa shape index (κ3) is 4.91. The highest BCUT2D eigenvalue weighted by molar-refractivity contribution is 8.00. The van der Waals surface area contributed by atoms with Crippen molar-refractivity contribution < 1.29 is 14.3 Å². The predicted octanol–water partition coefficient (Wildman–Crippen LogP) is 2.69. The van der Waals surface area contributed by atoms with Crippen molar-refractivity contribution in [3.8, 4) is 5.75 Å². The lowest BCUT2D eigenvalue weighted by molar-refractivity contribution is -0.131. The molecule has 1 aliphatic heterocycles. The lowest BCUT2D eigenvalue weighted by Gasteiger charge is -2.33. The Bertz CT molecular complexity index is 608. The van der Waals surface area contributed by atoms with Crippen LogP contribution in [0.3, 0.4) is 0 Å². The first-order valence-corrected chi connectivity index (χ1v) is 9.84. The molecule has 0 unspecified atom stereocenters. The lowest BCUT2D eigenvalue weighted by Crippen LogP contribution is -2.48. The van der Waals surface area contributed by atoms with Gasteiger partial charge in [-0.3, -0.25) is 9.59 Å². The number of carbonyl (C=O) groups is 2. The second kappa shape index (κ2) is 8.13. The lowest BCUT2D eigenvalue weighted by atomic mass is 10.0. The molecule has 25 heavy (non-hydrogen) atoms. The highest BCUT2D eigenvalue weighted by atomic mass is 32.2. The third-order valence-electron chi connectivity index (χ3n) is 4.82. The summed E-state index contributed by atoms with van der Waals surface area (Å²) in [5.41, 5.74) is 0. The van der Waals surface area contributed by atoms with E-state index in [1.807, 2.05) is 36.1 Å². The highest BCUT2D eigenvalue weighted by Gasteiger charge is 2.32. The number of amides is 2. The molecule has 2 aliphatic rings. The fourth-order valence-electron chi connectivity index (χ4n) is 3.07. The molecular formula is C19H26N2O3S. The summed E-state index contributed by atoms with van der Waals surface area (Å²) in [5.74, 6) is 1.44. The molecule has 1 aromatic carbocycles. The molecule has 2 fully saturated rings. The van der Waals surface area contributed by atoms with Crippen molar-refractivity contribution in [3.05, 3.63) is 24.3 Å². The third-order valence-corrected chi connectivity index (χ3v) is 5.92. The maximum absolute atomic E-state index is 12.7. The van der Waals surface area contributed by atoms with E-state index < -0.39 is 0 Å². The summed E-state index contributed by atoms with van der Waals surface area (Å²) >= 11 is 1.57. The number of rotatable bonds is 6. The number of methoxy groups -OCH3 is 1. The Morgan fingerprint density at radius 3 is 2.36 bits per heavy atom. The number of nitrogens with one attached hydrogen (secondary N) is 1. The van der Waals surface area contributed by atoms with Gasteiger partial charge in [-0.25, -0.2) is 0 Å². The minimum atomic E-state index is -0.119. The van der Waals surface area contributed by atoms with Crippen molar-refractivity contribution >= 4 is 23.6 Å². The first kappa shape index (κ1) is 18.1. The number of carbonyl (C=O) groups excluding carboxylic acids is 2. The molecule has 1 heterocycles. The summed E-state index contributed by atoms with van der Waals surface area (Å²) in [7, 11) is 1.64. The van der Waals surface area contributed by atoms with Gasteiger partial charge < -0.3 is 15.0 Å². The van der Waals surface area contributed by atoms with Gasteiger partial charge in [0, 0.05) is 29.9 Å². The average Bonchev–Trinajstić information content (AvgIpc) is 3.47. The number of nitrogens with zero attached hydrogens (tertiary/aromatic N) is 1. The van der Waals surface area contributed by atoms with Crippen LogP contribution >= 0.6 is 11.8 Å². The fraction of sp³-hybridized carbons (Fsp3) is 0.579. The van der Waals surface area contributed by atoms with E-state index >= 15 is 0 Å². The molecule has 3 rings (SSSR count). The van der Waals surface area contributed by atoms with Crippen LogP contribution in [0.1, 0.15) is 32.6 Å². The van der Waals surface area contributed by atoms with Crippen molar-refractivity contribution in [2.75, 3.05) is 20.2 Å². The van der Waals surface area contributed by atoms with Crippen molar-refractivity contribution in [2.24, 2.45) is 5.92 Å². The van der Waals surface area contributed by atoms with Crippen LogP contribution in [0, 0.1) is 5.92 Å². The highest BCUT2D eigenvalue weighted by Crippen LogP contribution is 2.30. The van der Waals surface area contributed by atoms with Crippen LogP contribution in [-0.2, 0) is 9.59 Å². The maximum Gasteiger partial charge on any atom is 0.235 e. The smallest absolute Gasteiger partial charge is 0.235 e. The van der Waals surface area contributed by atoms with E-state index in [0.29, 0.717) is 0 Å². The standard InChI is InChI=1S/C19H26N2O3S/c1-13(25-17-7-5-16(24-2)6-8-17)19(23)21-11-9-15(10-12-21)20-18(22)14-3-4-14/h5-8,13-15H,3-4,9-12H2,1-2H3,(H,20,22)/t13-/m1/s1. The molecule has 0 aromatic heterocycles. The van der Waals surface area contributed by atoms with Gasteiger partial charge in [-0.15, -0.1) is 11.8 Å². The van der Waals surface area contributed by atoms with Crippen LogP contribution in [0.5, 0.6) is 5.75 Å². The Morgan fingerprint density at radius 2 is 1.80 bits per heavy atom. The van der Waals surface area contributed by atoms with Crippen molar-refractivity contribution in [1.82, 2.24) is 10.2 Å². The van der Waals surface area contributed by atoms with E-state index in [-0.39, 0.29) is 29.0 Å². The Hall–Kier alpha value is -1.69. The molecule has 2 amide bonds. The Kier molecular flexibility index (Phi) is 5.89. The van der Waals surface area contributed by atoms with Gasteiger partial charge in [0.05, 0.1) is 12.4 Å². The number of piperidine rings is 1. The van der Waals surface area contributed by atoms with Crippen molar-refractivity contribution in [3.63, 3.8) is 0 Å². The van der Waals surface area contributed by atoms with E-state index in [9.17, 15) is 9.59 Å². The summed E-state index contributed by atoms with van der Waals surface area (Å²) < 4.78 is 5.16. The number of ether oxygens (including phenoxy) is 1. The molecular weight excluding hydrogens is 336 g/mol. The zero-order valence-electron chi connectivity index (χ0n) is 14.9. The molecule has 136 valence electrons. The molecule has 0 bridgehead atoms. The van der Waals surface area contributed by atoms with Crippen LogP contribution < -0.4 is 10.1 Å². The van der Waals surface area contributed by atoms with E-state index in [0.717, 1.165) is 49.4 Å². The topological polar surface area (TPSA) is 58.6 Å². The normalized spacial score (nSPS) is 19.4. The van der Waals surface area contributed by atoms with E-state index in [1.54, 1.807) is 18.9 Å². The SMILES string of the molecule is COc1ccc(S[C@H](C)C(=O)N2CCC(NC(=O)C3CC3)CC2)cc1. The number of hydrogen-bond acceptors (Lipinski definition) is 4. The second-order valence-corrected chi connectivity index (χ2v) is 8.23. The minimum absolute atomic E-state index is 0.119. The predicted molar refractivity (Wildman–Crippen MR) is 98.8 cm³/mol. The zero-order valence-corrected chi connectivity index (χ0v) is 15.7. The molecule has 1 atom stereocenters. The van der Waals surface area contributed by atoms with Crippen LogP contribution in [-0.4, -0.2) is 48.2 Å². The monoisotopic (exact) mass is 362 g/mol. The Balaban J connectivity index is 1.45. The number of benzene rings is 1. The summed E-state index contributed by atoms with van der Waals surface area (Å²) in [6.07, 6.45) is 3.76. The van der Waals surface area contributed by atoms with E-state index in [1.165, 1.54) is 0 Å². The summed E-state index contributed by atoms with van der Waals surface area (Å²) in [5, 5.41) is 3.01. The molecule has 0 spiro atoms. The maximum atomic E-state index is 12.7. The largest absolute Gasteiger partial charge is 0.497 e. The molecule has 1 aromatic rings. The van der Waals surface area contributed by atoms with Crippen molar-refractivity contribution in [2.45, 2.75) is 48.8 Å². The van der Waals surface area contributed by atoms with Gasteiger partial charge in [-0.05, 0) is 56.9 Å². The summed E-state index contributed by atoms with van der Waals surface area (Å²) in [6.45, 7) is 3.40. The second-order valence-electron chi connectivity index (χ2n) is 6.82. The van der Waals surface area contributed by atoms with Crippen LogP contribution in [0.2, 0.25) is 0 Å². The molecule has 1 aliphatic carbocycles. The fourth-order valence-corrected chi connectivity index (χ4v) is 4.03. The van der Waals surface area contributed by atoms with Gasteiger partial charge in [0.25, 0.3) is 0 Å². The van der Waals surface area contributed by atoms with Crippen LogP contribution in [0.25, 0.3) is 0 Å². The quantitative estimate of drug-likeness (QED) is 0.791. The number of likely N-dealkylation sites (tertiary alicyclic amines) is 1. The van der Waals surface area contributed by atoms with Gasteiger partial charge in [-0.1, -0.05) is 0 Å². The molecule has 1 saturated heterocycles. The zero-order chi connectivity index (χ0) is 17.8. The minimum Gasteiger partial charge on any atom is -0.497 e. The average molecular weight is 362 g/mol. The molecule has 1 N–H and O–H groups in total. The summed E-state index contributed by atoms with van der Waals surface area (Å²) in [6, 6.07) is 8.00. The van der Waals surface area contributed by atoms with Gasteiger partial charge in [0.1, 0.15) is 5.75 Å². The first-order chi connectivity index (χ1) is 12.1. The van der Waals surface area contributed by atoms with Gasteiger partial charge in [0.15, 0.2) is 0 Å². The van der Waals surface area contributed by atoms with Gasteiger partial charge >= 0.3 is 0 Å². The molecule has 1 saturated carbocycles. The summed E-state index contributed by atoms with van der Waals surface area (Å²) in [4.78, 5) is 27.5. The van der Waals surface area contributed by atoms with Gasteiger partial charge in [-0.2, -0.15) is 0 Å². The number of hydrogen-bond donors (Lipinski definition) is 1. The molecule has 0 radical (unpaired) electrons. The first-order valence-electron chi connectivity index (χ1n) is 8.96.